The number of amides is 2. The first-order chi connectivity index (χ1) is 17.1. The van der Waals surface area contributed by atoms with Crippen molar-refractivity contribution in [3.05, 3.63) is 59.2 Å². The molecule has 2 amide bonds. The van der Waals surface area contributed by atoms with Crippen molar-refractivity contribution in [3.8, 4) is 17.3 Å². The molecular formula is C24H23F3N8O. The molecule has 0 aromatic carbocycles. The number of alkyl halides is 3. The van der Waals surface area contributed by atoms with Gasteiger partial charge in [0.1, 0.15) is 5.82 Å². The Hall–Kier alpha value is -4.14. The number of hydrogen-bond donors (Lipinski definition) is 2. The van der Waals surface area contributed by atoms with Gasteiger partial charge in [-0.05, 0) is 44.0 Å². The van der Waals surface area contributed by atoms with Crippen molar-refractivity contribution in [2.45, 2.75) is 43.9 Å². The summed E-state index contributed by atoms with van der Waals surface area (Å²) in [5.74, 6) is -0.573. The first kappa shape index (κ1) is 23.6. The van der Waals surface area contributed by atoms with Crippen molar-refractivity contribution < 1.29 is 18.0 Å². The molecule has 0 aliphatic carbocycles. The monoisotopic (exact) mass is 496 g/mol. The number of halogens is 3. The Morgan fingerprint density at radius 2 is 2.03 bits per heavy atom. The van der Waals surface area contributed by atoms with Gasteiger partial charge in [-0.3, -0.25) is 9.67 Å². The third-order valence-electron chi connectivity index (χ3n) is 6.98. The number of nitrogens with zero attached hydrogens (tertiary/aromatic N) is 6. The van der Waals surface area contributed by atoms with Gasteiger partial charge in [-0.25, -0.2) is 9.78 Å². The van der Waals surface area contributed by atoms with Gasteiger partial charge in [0.2, 0.25) is 0 Å². The quantitative estimate of drug-likeness (QED) is 0.570. The molecule has 2 aliphatic rings. The molecule has 0 bridgehead atoms. The molecule has 186 valence electrons. The maximum absolute atomic E-state index is 13.3. The topological polar surface area (TPSA) is 126 Å². The van der Waals surface area contributed by atoms with E-state index in [1.165, 1.54) is 12.4 Å². The molecule has 3 aromatic rings. The second kappa shape index (κ2) is 8.51. The van der Waals surface area contributed by atoms with Gasteiger partial charge in [-0.15, -0.1) is 0 Å². The van der Waals surface area contributed by atoms with Gasteiger partial charge in [0, 0.05) is 48.7 Å². The highest BCUT2D eigenvalue weighted by atomic mass is 19.4. The molecule has 1 spiro atoms. The molecule has 12 heteroatoms. The molecule has 0 saturated carbocycles. The Morgan fingerprint density at radius 3 is 2.78 bits per heavy atom. The number of likely N-dealkylation sites (tertiary alicyclic amines) is 1. The van der Waals surface area contributed by atoms with Crippen molar-refractivity contribution in [1.82, 2.24) is 30.0 Å². The number of pyridine rings is 2. The summed E-state index contributed by atoms with van der Waals surface area (Å²) < 4.78 is 41.7. The summed E-state index contributed by atoms with van der Waals surface area (Å²) in [6.45, 7) is 3.42. The van der Waals surface area contributed by atoms with E-state index in [1.807, 2.05) is 0 Å². The van der Waals surface area contributed by atoms with Crippen LogP contribution in [-0.4, -0.2) is 43.8 Å². The van der Waals surface area contributed by atoms with Crippen LogP contribution in [0, 0.1) is 11.3 Å². The average molecular weight is 496 g/mol. The lowest BCUT2D eigenvalue weighted by molar-refractivity contribution is -0.137. The summed E-state index contributed by atoms with van der Waals surface area (Å²) >= 11 is 0. The predicted molar refractivity (Wildman–Crippen MR) is 123 cm³/mol. The number of aryl methyl sites for hydroxylation is 1. The fourth-order valence-electron chi connectivity index (χ4n) is 5.01. The number of carbonyl (C=O) groups is 1. The lowest BCUT2D eigenvalue weighted by Crippen LogP contribution is -2.41. The van der Waals surface area contributed by atoms with Gasteiger partial charge in [-0.1, -0.05) is 0 Å². The molecular weight excluding hydrogens is 473 g/mol. The molecule has 1 saturated heterocycles. The zero-order valence-corrected chi connectivity index (χ0v) is 19.4. The third kappa shape index (κ3) is 4.10. The van der Waals surface area contributed by atoms with Crippen LogP contribution in [0.3, 0.4) is 0 Å². The van der Waals surface area contributed by atoms with Crippen molar-refractivity contribution in [2.75, 3.05) is 18.8 Å². The van der Waals surface area contributed by atoms with Crippen LogP contribution in [0.1, 0.15) is 48.3 Å². The van der Waals surface area contributed by atoms with E-state index in [0.717, 1.165) is 24.6 Å². The molecule has 1 fully saturated rings. The second-order valence-corrected chi connectivity index (χ2v) is 9.25. The number of anilines is 1. The Kier molecular flexibility index (Phi) is 5.58. The Balaban J connectivity index is 1.33. The molecule has 3 N–H and O–H groups in total. The van der Waals surface area contributed by atoms with E-state index < -0.39 is 17.6 Å². The summed E-state index contributed by atoms with van der Waals surface area (Å²) in [5, 5.41) is 16.6. The molecule has 9 nitrogen and oxygen atoms in total. The van der Waals surface area contributed by atoms with Crippen LogP contribution in [0.15, 0.2) is 36.7 Å². The zero-order chi connectivity index (χ0) is 25.7. The first-order valence-corrected chi connectivity index (χ1v) is 11.4. The van der Waals surface area contributed by atoms with Gasteiger partial charge >= 0.3 is 12.2 Å². The number of carbonyl (C=O) groups excluding carboxylic acids is 1. The van der Waals surface area contributed by atoms with E-state index >= 15 is 0 Å². The van der Waals surface area contributed by atoms with E-state index in [-0.39, 0.29) is 23.1 Å². The zero-order valence-electron chi connectivity index (χ0n) is 19.4. The van der Waals surface area contributed by atoms with Crippen LogP contribution in [0.25, 0.3) is 11.3 Å². The molecule has 36 heavy (non-hydrogen) atoms. The summed E-state index contributed by atoms with van der Waals surface area (Å²) in [6.07, 6.45) is -0.281. The number of nitriles is 1. The standard InChI is InChI=1S/C24H23F3N8O/c1-14(18-8-15(11-28)2-5-30-18)32-22(36)34-6-3-23(13-34)4-7-35-20(23)10-19(33-35)16-9-17(24(25,26)27)21(29)31-12-16/h2,5,8-10,12,14H,3-4,6-7,13H2,1H3,(H2,29,31)(H,32,36)/t14-,23?/m1/s1. The molecule has 1 unspecified atom stereocenters. The SMILES string of the molecule is C[C@@H](NC(=O)N1CCC2(CCn3nc(-c4cnc(N)c(C(F)(F)F)c4)cc32)C1)c1cc(C#N)ccn1. The van der Waals surface area contributed by atoms with Gasteiger partial charge in [-0.2, -0.15) is 23.5 Å². The van der Waals surface area contributed by atoms with Crippen LogP contribution >= 0.6 is 0 Å². The van der Waals surface area contributed by atoms with Crippen molar-refractivity contribution in [2.24, 2.45) is 0 Å². The second-order valence-electron chi connectivity index (χ2n) is 9.25. The third-order valence-corrected chi connectivity index (χ3v) is 6.98. The smallest absolute Gasteiger partial charge is 0.383 e. The number of hydrogen-bond acceptors (Lipinski definition) is 6. The lowest BCUT2D eigenvalue weighted by Gasteiger charge is -2.24. The van der Waals surface area contributed by atoms with E-state index in [9.17, 15) is 18.0 Å². The number of aromatic nitrogens is 4. The molecule has 5 rings (SSSR count). The fraction of sp³-hybridized carbons (Fsp3) is 0.375. The minimum Gasteiger partial charge on any atom is -0.383 e. The van der Waals surface area contributed by atoms with Crippen LogP contribution in [0.5, 0.6) is 0 Å². The van der Waals surface area contributed by atoms with Gasteiger partial charge in [0.15, 0.2) is 0 Å². The van der Waals surface area contributed by atoms with Crippen molar-refractivity contribution >= 4 is 11.8 Å². The number of fused-ring (bicyclic) bond motifs is 2. The van der Waals surface area contributed by atoms with Crippen molar-refractivity contribution in [3.63, 3.8) is 0 Å². The summed E-state index contributed by atoms with van der Waals surface area (Å²) in [5.41, 5.74) is 6.71. The van der Waals surface area contributed by atoms with Crippen molar-refractivity contribution in [1.29, 1.82) is 5.26 Å². The minimum atomic E-state index is -4.61. The fourth-order valence-corrected chi connectivity index (χ4v) is 5.01. The summed E-state index contributed by atoms with van der Waals surface area (Å²) in [4.78, 5) is 22.7. The normalized spacial score (nSPS) is 19.8. The highest BCUT2D eigenvalue weighted by molar-refractivity contribution is 5.75. The lowest BCUT2D eigenvalue weighted by atomic mass is 9.82. The molecule has 0 radical (unpaired) electrons. The minimum absolute atomic E-state index is 0.237. The van der Waals surface area contributed by atoms with E-state index in [4.69, 9.17) is 11.0 Å². The molecule has 2 atom stereocenters. The van der Waals surface area contributed by atoms with Crippen LogP contribution in [-0.2, 0) is 18.1 Å². The van der Waals surface area contributed by atoms with Crippen LogP contribution in [0.2, 0.25) is 0 Å². The highest BCUT2D eigenvalue weighted by Crippen LogP contribution is 2.44. The van der Waals surface area contributed by atoms with Crippen LogP contribution < -0.4 is 11.1 Å². The summed E-state index contributed by atoms with van der Waals surface area (Å²) in [6, 6.07) is 7.45. The highest BCUT2D eigenvalue weighted by Gasteiger charge is 2.47. The number of urea groups is 1. The van der Waals surface area contributed by atoms with Crippen LogP contribution in [0.4, 0.5) is 23.8 Å². The van der Waals surface area contributed by atoms with Gasteiger partial charge in [0.25, 0.3) is 0 Å². The Morgan fingerprint density at radius 1 is 1.25 bits per heavy atom. The van der Waals surface area contributed by atoms with Gasteiger partial charge in [0.05, 0.1) is 34.6 Å². The number of nitrogen functional groups attached to an aromatic ring is 1. The van der Waals surface area contributed by atoms with E-state index in [0.29, 0.717) is 36.6 Å². The maximum atomic E-state index is 13.3. The number of nitrogens with two attached hydrogens (primary N) is 1. The first-order valence-electron chi connectivity index (χ1n) is 11.4. The Labute approximate surface area is 204 Å². The Bertz CT molecular complexity index is 1380. The molecule has 5 heterocycles. The average Bonchev–Trinajstić information content (AvgIpc) is 3.55. The van der Waals surface area contributed by atoms with E-state index in [1.54, 1.807) is 34.7 Å². The van der Waals surface area contributed by atoms with E-state index in [2.05, 4.69) is 26.5 Å². The van der Waals surface area contributed by atoms with Gasteiger partial charge < -0.3 is 16.0 Å². The maximum Gasteiger partial charge on any atom is 0.419 e. The predicted octanol–water partition coefficient (Wildman–Crippen LogP) is 3.63. The molecule has 3 aromatic heterocycles. The summed E-state index contributed by atoms with van der Waals surface area (Å²) in [7, 11) is 0. The number of rotatable bonds is 3. The largest absolute Gasteiger partial charge is 0.419 e. The molecule has 2 aliphatic heterocycles. The number of nitrogens with one attached hydrogen (secondary N) is 1.